The van der Waals surface area contributed by atoms with Crippen LogP contribution in [0.2, 0.25) is 0 Å². The molecule has 1 aliphatic rings. The fourth-order valence-electron chi connectivity index (χ4n) is 1.29. The summed E-state index contributed by atoms with van der Waals surface area (Å²) < 4.78 is 0. The zero-order chi connectivity index (χ0) is 7.23. The number of oxime groups is 1. The van der Waals surface area contributed by atoms with Crippen LogP contribution in [0.4, 0.5) is 0 Å². The van der Waals surface area contributed by atoms with Gasteiger partial charge in [-0.3, -0.25) is 4.90 Å². The normalized spacial score (nSPS) is 22.0. The van der Waals surface area contributed by atoms with Crippen LogP contribution in [0.3, 0.4) is 0 Å². The van der Waals surface area contributed by atoms with Crippen molar-refractivity contribution in [3.63, 3.8) is 0 Å². The molecule has 0 amide bonds. The standard InChI is InChI=1S/C7H14N2O/c10-8-4-7-9-5-2-1-3-6-9/h4,10H,1-3,5-7H2/b8-4+. The molecule has 1 heterocycles. The summed E-state index contributed by atoms with van der Waals surface area (Å²) in [6.45, 7) is 3.12. The van der Waals surface area contributed by atoms with Crippen molar-refractivity contribution in [2.24, 2.45) is 5.16 Å². The molecule has 0 bridgehead atoms. The summed E-state index contributed by atoms with van der Waals surface area (Å²) in [5.74, 6) is 0. The second-order valence-electron chi connectivity index (χ2n) is 2.66. The Morgan fingerprint density at radius 3 is 2.60 bits per heavy atom. The first-order valence-electron chi connectivity index (χ1n) is 3.82. The summed E-state index contributed by atoms with van der Waals surface area (Å²) >= 11 is 0. The van der Waals surface area contributed by atoms with E-state index in [1.807, 2.05) is 0 Å². The van der Waals surface area contributed by atoms with Gasteiger partial charge in [-0.1, -0.05) is 6.42 Å². The molecule has 0 saturated carbocycles. The van der Waals surface area contributed by atoms with Crippen molar-refractivity contribution in [1.29, 1.82) is 0 Å². The number of hydrogen-bond acceptors (Lipinski definition) is 3. The second kappa shape index (κ2) is 4.28. The summed E-state index contributed by atoms with van der Waals surface area (Å²) in [6, 6.07) is 0. The fraction of sp³-hybridized carbons (Fsp3) is 0.857. The molecule has 1 aliphatic heterocycles. The molecule has 3 nitrogen and oxygen atoms in total. The molecule has 1 saturated heterocycles. The van der Waals surface area contributed by atoms with Crippen molar-refractivity contribution < 1.29 is 5.21 Å². The Kier molecular flexibility index (Phi) is 3.22. The third kappa shape index (κ3) is 2.35. The number of hydrogen-bond donors (Lipinski definition) is 1. The SMILES string of the molecule is O/N=C/CN1CCCCC1. The van der Waals surface area contributed by atoms with Crippen LogP contribution in [0.25, 0.3) is 0 Å². The van der Waals surface area contributed by atoms with E-state index in [0.717, 1.165) is 19.6 Å². The van der Waals surface area contributed by atoms with Crippen molar-refractivity contribution in [2.45, 2.75) is 19.3 Å². The lowest BCUT2D eigenvalue weighted by Crippen LogP contribution is -2.31. The molecule has 10 heavy (non-hydrogen) atoms. The first-order chi connectivity index (χ1) is 4.93. The van der Waals surface area contributed by atoms with Gasteiger partial charge in [0.05, 0.1) is 6.21 Å². The molecule has 0 radical (unpaired) electrons. The summed E-state index contributed by atoms with van der Waals surface area (Å²) in [7, 11) is 0. The first kappa shape index (κ1) is 7.54. The Balaban J connectivity index is 2.13. The van der Waals surface area contributed by atoms with Gasteiger partial charge in [-0.2, -0.15) is 0 Å². The minimum absolute atomic E-state index is 0.802. The molecular weight excluding hydrogens is 128 g/mol. The van der Waals surface area contributed by atoms with E-state index < -0.39 is 0 Å². The predicted octanol–water partition coefficient (Wildman–Crippen LogP) is 0.932. The van der Waals surface area contributed by atoms with E-state index in [1.165, 1.54) is 19.3 Å². The monoisotopic (exact) mass is 142 g/mol. The topological polar surface area (TPSA) is 35.8 Å². The van der Waals surface area contributed by atoms with Crippen molar-refractivity contribution in [2.75, 3.05) is 19.6 Å². The smallest absolute Gasteiger partial charge is 0.0576 e. The van der Waals surface area contributed by atoms with Crippen LogP contribution >= 0.6 is 0 Å². The van der Waals surface area contributed by atoms with Gasteiger partial charge in [0.25, 0.3) is 0 Å². The van der Waals surface area contributed by atoms with Gasteiger partial charge >= 0.3 is 0 Å². The molecule has 0 aromatic carbocycles. The fourth-order valence-corrected chi connectivity index (χ4v) is 1.29. The Bertz CT molecular complexity index is 108. The molecule has 1 N–H and O–H groups in total. The van der Waals surface area contributed by atoms with Crippen LogP contribution in [0.15, 0.2) is 5.16 Å². The number of piperidine rings is 1. The van der Waals surface area contributed by atoms with Crippen LogP contribution in [-0.2, 0) is 0 Å². The summed E-state index contributed by atoms with van der Waals surface area (Å²) in [5.41, 5.74) is 0. The van der Waals surface area contributed by atoms with Gasteiger partial charge in [-0.25, -0.2) is 0 Å². The van der Waals surface area contributed by atoms with Crippen LogP contribution < -0.4 is 0 Å². The van der Waals surface area contributed by atoms with Crippen molar-refractivity contribution >= 4 is 6.21 Å². The molecule has 1 rings (SSSR count). The maximum atomic E-state index is 8.14. The summed E-state index contributed by atoms with van der Waals surface area (Å²) in [5, 5.41) is 11.1. The third-order valence-electron chi connectivity index (χ3n) is 1.87. The minimum Gasteiger partial charge on any atom is -0.411 e. The maximum absolute atomic E-state index is 8.14. The van der Waals surface area contributed by atoms with Crippen molar-refractivity contribution in [3.05, 3.63) is 0 Å². The molecule has 0 spiro atoms. The second-order valence-corrected chi connectivity index (χ2v) is 2.66. The van der Waals surface area contributed by atoms with Gasteiger partial charge in [0, 0.05) is 6.54 Å². The summed E-state index contributed by atoms with van der Waals surface area (Å²) in [6.07, 6.45) is 5.48. The molecule has 0 aromatic rings. The molecule has 3 heteroatoms. The molecule has 58 valence electrons. The number of rotatable bonds is 2. The Hall–Kier alpha value is -0.570. The predicted molar refractivity (Wildman–Crippen MR) is 40.6 cm³/mol. The Labute approximate surface area is 61.3 Å². The lowest BCUT2D eigenvalue weighted by Gasteiger charge is -2.24. The van der Waals surface area contributed by atoms with Gasteiger partial charge in [-0.15, -0.1) is 5.16 Å². The van der Waals surface area contributed by atoms with Crippen molar-refractivity contribution in [3.8, 4) is 0 Å². The largest absolute Gasteiger partial charge is 0.411 e. The zero-order valence-corrected chi connectivity index (χ0v) is 6.16. The number of nitrogens with zero attached hydrogens (tertiary/aromatic N) is 2. The van der Waals surface area contributed by atoms with Gasteiger partial charge in [-0.05, 0) is 25.9 Å². The lowest BCUT2D eigenvalue weighted by atomic mass is 10.1. The molecule has 0 atom stereocenters. The van der Waals surface area contributed by atoms with Crippen molar-refractivity contribution in [1.82, 2.24) is 4.90 Å². The zero-order valence-electron chi connectivity index (χ0n) is 6.16. The van der Waals surface area contributed by atoms with E-state index in [-0.39, 0.29) is 0 Å². The summed E-state index contributed by atoms with van der Waals surface area (Å²) in [4.78, 5) is 2.29. The molecule has 0 aliphatic carbocycles. The van der Waals surface area contributed by atoms with Crippen LogP contribution in [-0.4, -0.2) is 36.0 Å². The lowest BCUT2D eigenvalue weighted by molar-refractivity contribution is 0.255. The molecular formula is C7H14N2O. The third-order valence-corrected chi connectivity index (χ3v) is 1.87. The maximum Gasteiger partial charge on any atom is 0.0576 e. The molecule has 0 unspecified atom stereocenters. The van der Waals surface area contributed by atoms with E-state index in [4.69, 9.17) is 5.21 Å². The quantitative estimate of drug-likeness (QED) is 0.354. The minimum atomic E-state index is 0.802. The Morgan fingerprint density at radius 1 is 1.30 bits per heavy atom. The van der Waals surface area contributed by atoms with Gasteiger partial charge in [0.2, 0.25) is 0 Å². The first-order valence-corrected chi connectivity index (χ1v) is 3.82. The van der Waals surface area contributed by atoms with E-state index >= 15 is 0 Å². The van der Waals surface area contributed by atoms with E-state index in [0.29, 0.717) is 0 Å². The van der Waals surface area contributed by atoms with Gasteiger partial charge in [0.15, 0.2) is 0 Å². The average Bonchev–Trinajstić information content (AvgIpc) is 2.03. The van der Waals surface area contributed by atoms with E-state index in [2.05, 4.69) is 10.1 Å². The number of likely N-dealkylation sites (tertiary alicyclic amines) is 1. The highest BCUT2D eigenvalue weighted by atomic mass is 16.4. The van der Waals surface area contributed by atoms with E-state index in [9.17, 15) is 0 Å². The highest BCUT2D eigenvalue weighted by Crippen LogP contribution is 2.06. The highest BCUT2D eigenvalue weighted by molar-refractivity contribution is 5.58. The van der Waals surface area contributed by atoms with Crippen LogP contribution in [0.5, 0.6) is 0 Å². The van der Waals surface area contributed by atoms with Crippen LogP contribution in [0.1, 0.15) is 19.3 Å². The molecule has 0 aromatic heterocycles. The Morgan fingerprint density at radius 2 is 2.00 bits per heavy atom. The molecule has 1 fully saturated rings. The van der Waals surface area contributed by atoms with Crippen LogP contribution in [0, 0.1) is 0 Å². The highest BCUT2D eigenvalue weighted by Gasteiger charge is 2.07. The van der Waals surface area contributed by atoms with E-state index in [1.54, 1.807) is 6.21 Å². The van der Waals surface area contributed by atoms with Gasteiger partial charge in [0.1, 0.15) is 0 Å². The van der Waals surface area contributed by atoms with Gasteiger partial charge < -0.3 is 5.21 Å². The average molecular weight is 142 g/mol.